The summed E-state index contributed by atoms with van der Waals surface area (Å²) in [5.41, 5.74) is 1.24. The first-order chi connectivity index (χ1) is 11.8. The molecule has 0 spiro atoms. The SMILES string of the molecule is COc1ccc(Cl)cc1C(=O)NCCc1ccc(OS(=O)(=O)Cl)cc1. The van der Waals surface area contributed by atoms with Crippen LogP contribution in [-0.4, -0.2) is 28.0 Å². The number of nitrogens with one attached hydrogen (secondary N) is 1. The van der Waals surface area contributed by atoms with Crippen LogP contribution in [0.5, 0.6) is 11.5 Å². The number of amides is 1. The molecule has 2 aromatic rings. The van der Waals surface area contributed by atoms with Gasteiger partial charge in [0.2, 0.25) is 0 Å². The molecule has 1 N–H and O–H groups in total. The van der Waals surface area contributed by atoms with Gasteiger partial charge in [0.25, 0.3) is 5.91 Å². The molecular formula is C16H15Cl2NO5S. The maximum absolute atomic E-state index is 12.2. The summed E-state index contributed by atoms with van der Waals surface area (Å²) in [5, 5.41) is 3.22. The molecule has 0 fully saturated rings. The monoisotopic (exact) mass is 403 g/mol. The normalized spacial score (nSPS) is 11.0. The fraction of sp³-hybridized carbons (Fsp3) is 0.188. The van der Waals surface area contributed by atoms with Gasteiger partial charge in [-0.15, -0.1) is 0 Å². The third kappa shape index (κ3) is 6.12. The predicted molar refractivity (Wildman–Crippen MR) is 95.9 cm³/mol. The summed E-state index contributed by atoms with van der Waals surface area (Å²) in [6, 6.07) is 11.1. The van der Waals surface area contributed by atoms with Crippen LogP contribution in [0, 0.1) is 0 Å². The molecule has 0 radical (unpaired) electrons. The lowest BCUT2D eigenvalue weighted by Gasteiger charge is -2.10. The van der Waals surface area contributed by atoms with Gasteiger partial charge in [-0.25, -0.2) is 0 Å². The molecule has 0 saturated heterocycles. The molecule has 0 bridgehead atoms. The maximum atomic E-state index is 12.2. The zero-order valence-electron chi connectivity index (χ0n) is 13.2. The van der Waals surface area contributed by atoms with Crippen molar-refractivity contribution < 1.29 is 22.1 Å². The Morgan fingerprint density at radius 1 is 1.16 bits per heavy atom. The van der Waals surface area contributed by atoms with Gasteiger partial charge in [-0.05, 0) is 42.3 Å². The first kappa shape index (κ1) is 19.4. The van der Waals surface area contributed by atoms with Gasteiger partial charge < -0.3 is 14.2 Å². The molecule has 0 aliphatic rings. The lowest BCUT2D eigenvalue weighted by Crippen LogP contribution is -2.26. The highest BCUT2D eigenvalue weighted by atomic mass is 35.7. The van der Waals surface area contributed by atoms with Crippen LogP contribution in [0.1, 0.15) is 15.9 Å². The van der Waals surface area contributed by atoms with Gasteiger partial charge in [-0.3, -0.25) is 4.79 Å². The van der Waals surface area contributed by atoms with Crippen LogP contribution in [0.4, 0.5) is 0 Å². The molecule has 6 nitrogen and oxygen atoms in total. The van der Waals surface area contributed by atoms with E-state index in [2.05, 4.69) is 9.50 Å². The van der Waals surface area contributed by atoms with Crippen molar-refractivity contribution in [1.29, 1.82) is 0 Å². The van der Waals surface area contributed by atoms with Crippen LogP contribution in [0.2, 0.25) is 5.02 Å². The van der Waals surface area contributed by atoms with Crippen LogP contribution >= 0.6 is 22.3 Å². The molecule has 25 heavy (non-hydrogen) atoms. The lowest BCUT2D eigenvalue weighted by atomic mass is 10.1. The van der Waals surface area contributed by atoms with E-state index in [0.29, 0.717) is 29.3 Å². The summed E-state index contributed by atoms with van der Waals surface area (Å²) in [6.07, 6.45) is 0.544. The summed E-state index contributed by atoms with van der Waals surface area (Å²) in [5.74, 6) is 0.254. The second-order valence-corrected chi connectivity index (χ2v) is 7.49. The van der Waals surface area contributed by atoms with E-state index in [-0.39, 0.29) is 11.7 Å². The number of ether oxygens (including phenoxy) is 1. The van der Waals surface area contributed by atoms with Crippen LogP contribution in [0.15, 0.2) is 42.5 Å². The van der Waals surface area contributed by atoms with Gasteiger partial charge >= 0.3 is 9.33 Å². The Hall–Kier alpha value is -1.96. The van der Waals surface area contributed by atoms with Gasteiger partial charge in [0.05, 0.1) is 23.4 Å². The minimum Gasteiger partial charge on any atom is -0.496 e. The standard InChI is InChI=1S/C16H15Cl2NO5S/c1-23-15-7-4-12(17)10-14(15)16(20)19-9-8-11-2-5-13(6-3-11)24-25(18,21)22/h2-7,10H,8-9H2,1H3,(H,19,20). The van der Waals surface area contributed by atoms with E-state index >= 15 is 0 Å². The van der Waals surface area contributed by atoms with Crippen molar-refractivity contribution in [3.8, 4) is 11.5 Å². The third-order valence-corrected chi connectivity index (χ3v) is 4.04. The summed E-state index contributed by atoms with van der Waals surface area (Å²) in [6.45, 7) is 0.377. The number of carbonyl (C=O) groups excluding carboxylic acids is 1. The Labute approximate surface area is 155 Å². The Bertz CT molecular complexity index is 853. The van der Waals surface area contributed by atoms with Gasteiger partial charge in [-0.1, -0.05) is 23.7 Å². The van der Waals surface area contributed by atoms with Crippen molar-refractivity contribution in [2.24, 2.45) is 0 Å². The average molecular weight is 404 g/mol. The first-order valence-corrected chi connectivity index (χ1v) is 9.74. The number of halogens is 2. The minimum atomic E-state index is -4.07. The van der Waals surface area contributed by atoms with Crippen molar-refractivity contribution in [3.63, 3.8) is 0 Å². The highest BCUT2D eigenvalue weighted by Crippen LogP contribution is 2.22. The smallest absolute Gasteiger partial charge is 0.401 e. The molecule has 0 unspecified atom stereocenters. The quantitative estimate of drug-likeness (QED) is 0.717. The minimum absolute atomic E-state index is 0.117. The molecule has 2 aromatic carbocycles. The zero-order valence-corrected chi connectivity index (χ0v) is 15.5. The fourth-order valence-electron chi connectivity index (χ4n) is 2.10. The molecule has 0 atom stereocenters. The topological polar surface area (TPSA) is 81.7 Å². The van der Waals surface area contributed by atoms with E-state index in [1.54, 1.807) is 24.3 Å². The van der Waals surface area contributed by atoms with E-state index in [9.17, 15) is 13.2 Å². The van der Waals surface area contributed by atoms with Crippen molar-refractivity contribution in [3.05, 3.63) is 58.6 Å². The maximum Gasteiger partial charge on any atom is 0.401 e. The Morgan fingerprint density at radius 3 is 2.44 bits per heavy atom. The summed E-state index contributed by atoms with van der Waals surface area (Å²) in [4.78, 5) is 12.2. The van der Waals surface area contributed by atoms with Crippen molar-refractivity contribution in [2.45, 2.75) is 6.42 Å². The number of hydrogen-bond acceptors (Lipinski definition) is 5. The van der Waals surface area contributed by atoms with Crippen LogP contribution in [0.25, 0.3) is 0 Å². The Kier molecular flexibility index (Phi) is 6.52. The molecule has 2 rings (SSSR count). The fourth-order valence-corrected chi connectivity index (χ4v) is 2.83. The first-order valence-electron chi connectivity index (χ1n) is 7.13. The Balaban J connectivity index is 1.92. The van der Waals surface area contributed by atoms with Gasteiger partial charge in [0, 0.05) is 11.6 Å². The van der Waals surface area contributed by atoms with Crippen molar-refractivity contribution in [1.82, 2.24) is 5.32 Å². The van der Waals surface area contributed by atoms with E-state index in [1.165, 1.54) is 25.3 Å². The molecule has 0 aliphatic carbocycles. The average Bonchev–Trinajstić information content (AvgIpc) is 2.55. The van der Waals surface area contributed by atoms with E-state index in [0.717, 1.165) is 5.56 Å². The summed E-state index contributed by atoms with van der Waals surface area (Å²) in [7, 11) is 2.41. The molecular weight excluding hydrogens is 389 g/mol. The molecule has 0 heterocycles. The number of hydrogen-bond donors (Lipinski definition) is 1. The van der Waals surface area contributed by atoms with Gasteiger partial charge in [0.15, 0.2) is 0 Å². The third-order valence-electron chi connectivity index (χ3n) is 3.22. The molecule has 1 amide bonds. The molecule has 134 valence electrons. The summed E-state index contributed by atoms with van der Waals surface area (Å²) >= 11 is 5.91. The largest absolute Gasteiger partial charge is 0.496 e. The van der Waals surface area contributed by atoms with Crippen molar-refractivity contribution in [2.75, 3.05) is 13.7 Å². The second kappa shape index (κ2) is 8.42. The molecule has 0 aliphatic heterocycles. The van der Waals surface area contributed by atoms with E-state index in [4.69, 9.17) is 27.0 Å². The number of methoxy groups -OCH3 is 1. The van der Waals surface area contributed by atoms with Crippen LogP contribution < -0.4 is 14.2 Å². The lowest BCUT2D eigenvalue weighted by molar-refractivity contribution is 0.0951. The van der Waals surface area contributed by atoms with E-state index < -0.39 is 9.33 Å². The van der Waals surface area contributed by atoms with Crippen LogP contribution in [0.3, 0.4) is 0 Å². The zero-order chi connectivity index (χ0) is 18.4. The summed E-state index contributed by atoms with van der Waals surface area (Å²) < 4.78 is 31.3. The molecule has 0 aromatic heterocycles. The molecule has 0 saturated carbocycles. The van der Waals surface area contributed by atoms with Gasteiger partial charge in [0.1, 0.15) is 11.5 Å². The number of rotatable bonds is 7. The van der Waals surface area contributed by atoms with Crippen LogP contribution in [-0.2, 0) is 15.8 Å². The second-order valence-electron chi connectivity index (χ2n) is 4.97. The number of benzene rings is 2. The highest BCUT2D eigenvalue weighted by molar-refractivity contribution is 8.10. The number of carbonyl (C=O) groups is 1. The molecule has 9 heteroatoms. The Morgan fingerprint density at radius 2 is 1.84 bits per heavy atom. The highest BCUT2D eigenvalue weighted by Gasteiger charge is 2.12. The van der Waals surface area contributed by atoms with Crippen molar-refractivity contribution >= 4 is 37.5 Å². The van der Waals surface area contributed by atoms with Gasteiger partial charge in [-0.2, -0.15) is 8.42 Å². The van der Waals surface area contributed by atoms with E-state index in [1.807, 2.05) is 0 Å². The predicted octanol–water partition coefficient (Wildman–Crippen LogP) is 3.18.